The lowest BCUT2D eigenvalue weighted by molar-refractivity contribution is 0.331. The average molecular weight is 1020 g/mol. The van der Waals surface area contributed by atoms with Crippen molar-refractivity contribution in [3.8, 4) is 49.5 Å². The molecule has 370 valence electrons. The Morgan fingerprint density at radius 1 is 0.500 bits per heavy atom. The van der Waals surface area contributed by atoms with Gasteiger partial charge in [-0.25, -0.2) is 0 Å². The molecule has 0 atom stereocenters. The topological polar surface area (TPSA) is 17.0 Å². The van der Waals surface area contributed by atoms with E-state index >= 15 is 0 Å². The van der Waals surface area contributed by atoms with Crippen LogP contribution in [-0.4, -0.2) is 11.8 Å². The summed E-state index contributed by atoms with van der Waals surface area (Å²) in [6, 6.07) is 65.6. The van der Waals surface area contributed by atoms with E-state index in [1.165, 1.54) is 153 Å². The van der Waals surface area contributed by atoms with Gasteiger partial charge in [-0.05, 0) is 151 Å². The van der Waals surface area contributed by atoms with Gasteiger partial charge in [0.05, 0.1) is 5.52 Å². The van der Waals surface area contributed by atoms with E-state index < -0.39 is 0 Å². The van der Waals surface area contributed by atoms with Gasteiger partial charge in [-0.1, -0.05) is 177 Å². The number of nitrogens with one attached hydrogen (secondary N) is 1. The molecule has 0 spiro atoms. The van der Waals surface area contributed by atoms with Crippen LogP contribution in [0.4, 0.5) is 11.4 Å². The maximum absolute atomic E-state index is 4.10. The molecule has 0 bridgehead atoms. The minimum atomic E-state index is -0.188. The molecule has 0 saturated heterocycles. The van der Waals surface area contributed by atoms with Gasteiger partial charge in [-0.15, -0.1) is 22.7 Å². The molecule has 1 aliphatic heterocycles. The van der Waals surface area contributed by atoms with Crippen LogP contribution in [0.5, 0.6) is 0 Å². The summed E-state index contributed by atoms with van der Waals surface area (Å²) in [5.41, 5.74) is 25.3. The van der Waals surface area contributed by atoms with Gasteiger partial charge in [0.15, 0.2) is 7.28 Å². The molecule has 2 nitrogen and oxygen atoms in total. The van der Waals surface area contributed by atoms with E-state index in [9.17, 15) is 0 Å². The first-order valence-corrected chi connectivity index (χ1v) is 29.0. The molecule has 5 heteroatoms. The van der Waals surface area contributed by atoms with Crippen molar-refractivity contribution in [3.05, 3.63) is 198 Å². The van der Waals surface area contributed by atoms with Crippen molar-refractivity contribution in [2.45, 2.75) is 96.8 Å². The molecule has 2 aliphatic carbocycles. The summed E-state index contributed by atoms with van der Waals surface area (Å²) < 4.78 is 6.65. The molecule has 1 N–H and O–H groups in total. The largest absolute Gasteiger partial charge is 0.355 e. The molecule has 9 aromatic carbocycles. The Morgan fingerprint density at radius 3 is 1.89 bits per heavy atom. The van der Waals surface area contributed by atoms with Crippen molar-refractivity contribution in [1.82, 2.24) is 4.57 Å². The molecule has 0 amide bonds. The first-order chi connectivity index (χ1) is 36.5. The standard InChI is InChI=1S/C71H61BN2S2/c1-68(2,3)42-24-26-43(27-25-42)73-58-37-54-47(48-34-55-56(36-53(48)71(54,8)9)70(6,7)31-30-69(55,4)5)32-49(58)45-28-29-46-50-33-51-44-22-16-17-23-61(44)75-63(51)39-59(50)74-60-35-52-62(38-57(60)72-65(45)66(46)74)76-67(41-20-14-11-15-21-41)64(52)40-18-12-10-13-19-40/h10-29,32-39,72-73H,30-31H2,1-9H3. The van der Waals surface area contributed by atoms with Gasteiger partial charge < -0.3 is 9.88 Å². The Bertz CT molecular complexity index is 4440. The average Bonchev–Trinajstić information content (AvgIpc) is 4.24. The van der Waals surface area contributed by atoms with E-state index in [-0.39, 0.29) is 21.7 Å². The number of hydrogen-bond donors (Lipinski definition) is 1. The Labute approximate surface area is 455 Å². The lowest BCUT2D eigenvalue weighted by atomic mass is 9.59. The molecular formula is C71H61BN2S2. The fourth-order valence-corrected chi connectivity index (χ4v) is 16.2. The second kappa shape index (κ2) is 15.9. The summed E-state index contributed by atoms with van der Waals surface area (Å²) in [5, 5.41) is 10.7. The zero-order chi connectivity index (χ0) is 51.8. The molecule has 3 aromatic heterocycles. The van der Waals surface area contributed by atoms with E-state index in [1.807, 2.05) is 22.7 Å². The van der Waals surface area contributed by atoms with E-state index in [0.717, 1.165) is 18.7 Å². The van der Waals surface area contributed by atoms with Gasteiger partial charge in [0.2, 0.25) is 0 Å². The quantitative estimate of drug-likeness (QED) is 0.170. The third-order valence-corrected chi connectivity index (χ3v) is 20.6. The Balaban J connectivity index is 1.02. The van der Waals surface area contributed by atoms with Gasteiger partial charge >= 0.3 is 0 Å². The number of benzene rings is 9. The van der Waals surface area contributed by atoms with Crippen LogP contribution in [0.2, 0.25) is 0 Å². The molecule has 15 rings (SSSR count). The predicted octanol–water partition coefficient (Wildman–Crippen LogP) is 18.8. The summed E-state index contributed by atoms with van der Waals surface area (Å²) in [5.74, 6) is 0. The van der Waals surface area contributed by atoms with Crippen molar-refractivity contribution in [1.29, 1.82) is 0 Å². The third kappa shape index (κ3) is 6.70. The van der Waals surface area contributed by atoms with Crippen molar-refractivity contribution in [2.75, 3.05) is 5.32 Å². The van der Waals surface area contributed by atoms with Gasteiger partial charge in [-0.2, -0.15) is 0 Å². The predicted molar refractivity (Wildman–Crippen MR) is 333 cm³/mol. The summed E-state index contributed by atoms with van der Waals surface area (Å²) in [4.78, 5) is 1.32. The number of hydrogen-bond acceptors (Lipinski definition) is 3. The highest BCUT2D eigenvalue weighted by Crippen LogP contribution is 2.57. The fraction of sp³-hybridized carbons (Fsp3) is 0.211. The summed E-state index contributed by atoms with van der Waals surface area (Å²) in [7, 11) is 0.820. The first kappa shape index (κ1) is 46.2. The zero-order valence-corrected chi connectivity index (χ0v) is 46.7. The second-order valence-corrected chi connectivity index (χ2v) is 27.3. The summed E-state index contributed by atoms with van der Waals surface area (Å²) in [6.45, 7) is 21.7. The molecule has 0 fully saturated rings. The Kier molecular flexibility index (Phi) is 9.68. The van der Waals surface area contributed by atoms with Crippen LogP contribution in [-0.2, 0) is 21.7 Å². The van der Waals surface area contributed by atoms with Crippen LogP contribution in [0.1, 0.15) is 103 Å². The number of nitrogens with zero attached hydrogens (tertiary/aromatic N) is 1. The molecule has 3 aliphatic rings. The highest BCUT2D eigenvalue weighted by molar-refractivity contribution is 7.26. The SMILES string of the molecule is CC(C)(C)c1ccc(Nc2cc3c(cc2-c2ccc4c5cc6c(cc5n5c4c2Bc2cc4sc(-c7ccccc7)c(-c7ccccc7)c4cc2-5)sc2ccccc26)-c2cc4c(cc2C3(C)C)C(C)(C)CCC4(C)C)cc1. The number of fused-ring (bicyclic) bond motifs is 13. The molecule has 12 aromatic rings. The van der Waals surface area contributed by atoms with Crippen molar-refractivity contribution < 1.29 is 0 Å². The number of aromatic nitrogens is 1. The molecule has 0 radical (unpaired) electrons. The van der Waals surface area contributed by atoms with Crippen LogP contribution in [0.3, 0.4) is 0 Å². The van der Waals surface area contributed by atoms with E-state index in [1.54, 1.807) is 0 Å². The van der Waals surface area contributed by atoms with Crippen molar-refractivity contribution in [2.24, 2.45) is 0 Å². The van der Waals surface area contributed by atoms with Crippen LogP contribution in [0.15, 0.2) is 170 Å². The number of rotatable bonds is 5. The van der Waals surface area contributed by atoms with Gasteiger partial charge in [0.1, 0.15) is 0 Å². The lowest BCUT2D eigenvalue weighted by Gasteiger charge is -2.42. The smallest absolute Gasteiger partial charge is 0.198 e. The first-order valence-electron chi connectivity index (χ1n) is 27.4. The Morgan fingerprint density at radius 2 is 1.16 bits per heavy atom. The van der Waals surface area contributed by atoms with Gasteiger partial charge in [0.25, 0.3) is 0 Å². The zero-order valence-electron chi connectivity index (χ0n) is 45.1. The lowest BCUT2D eigenvalue weighted by Crippen LogP contribution is -2.37. The van der Waals surface area contributed by atoms with Crippen molar-refractivity contribution in [3.63, 3.8) is 0 Å². The maximum Gasteiger partial charge on any atom is 0.198 e. The van der Waals surface area contributed by atoms with E-state index in [4.69, 9.17) is 0 Å². The minimum absolute atomic E-state index is 0.0608. The van der Waals surface area contributed by atoms with Gasteiger partial charge in [0, 0.05) is 85.0 Å². The number of thiophene rings is 2. The number of anilines is 2. The summed E-state index contributed by atoms with van der Waals surface area (Å²) in [6.07, 6.45) is 2.39. The second-order valence-electron chi connectivity index (χ2n) is 25.2. The highest BCUT2D eigenvalue weighted by Gasteiger charge is 2.43. The monoisotopic (exact) mass is 1020 g/mol. The molecule has 0 unspecified atom stereocenters. The summed E-state index contributed by atoms with van der Waals surface area (Å²) >= 11 is 3.84. The molecule has 0 saturated carbocycles. The van der Waals surface area contributed by atoms with Crippen LogP contribution >= 0.6 is 22.7 Å². The van der Waals surface area contributed by atoms with E-state index in [0.29, 0.717) is 0 Å². The molecule has 4 heterocycles. The van der Waals surface area contributed by atoms with Gasteiger partial charge in [-0.3, -0.25) is 0 Å². The third-order valence-electron chi connectivity index (χ3n) is 18.2. The minimum Gasteiger partial charge on any atom is -0.355 e. The van der Waals surface area contributed by atoms with Crippen LogP contribution < -0.4 is 16.2 Å². The highest BCUT2D eigenvalue weighted by atomic mass is 32.1. The van der Waals surface area contributed by atoms with Crippen LogP contribution in [0, 0.1) is 0 Å². The fourth-order valence-electron chi connectivity index (χ4n) is 13.8. The van der Waals surface area contributed by atoms with E-state index in [2.05, 4.69) is 242 Å². The van der Waals surface area contributed by atoms with Crippen LogP contribution in [0.25, 0.3) is 102 Å². The molecule has 76 heavy (non-hydrogen) atoms. The molecular weight excluding hydrogens is 956 g/mol. The maximum atomic E-state index is 4.10. The van der Waals surface area contributed by atoms with Crippen molar-refractivity contribution >= 4 is 104 Å². The normalized spacial score (nSPS) is 15.8. The Hall–Kier alpha value is -7.18.